The SMILES string of the molecule is CC(C)c1nc2c(c3c1C(c1ccc(C(F)(F)F)cc1)OC31CCOCC1)C(O)CC1(CCC1)C2. The molecule has 0 bridgehead atoms. The highest BCUT2D eigenvalue weighted by Gasteiger charge is 2.53. The van der Waals surface area contributed by atoms with Crippen LogP contribution in [0.1, 0.15) is 110 Å². The zero-order chi connectivity index (χ0) is 24.6. The van der Waals surface area contributed by atoms with Gasteiger partial charge in [0.15, 0.2) is 0 Å². The Hall–Kier alpha value is -1.96. The van der Waals surface area contributed by atoms with Crippen molar-refractivity contribution in [2.24, 2.45) is 5.41 Å². The molecule has 1 saturated carbocycles. The maximum Gasteiger partial charge on any atom is 0.416 e. The van der Waals surface area contributed by atoms with Crippen LogP contribution in [0.4, 0.5) is 13.2 Å². The van der Waals surface area contributed by atoms with E-state index >= 15 is 0 Å². The van der Waals surface area contributed by atoms with Gasteiger partial charge >= 0.3 is 6.18 Å². The summed E-state index contributed by atoms with van der Waals surface area (Å²) in [6.07, 6.45) is 0.877. The molecule has 0 radical (unpaired) electrons. The minimum absolute atomic E-state index is 0.112. The van der Waals surface area contributed by atoms with E-state index in [4.69, 9.17) is 14.5 Å². The summed E-state index contributed by atoms with van der Waals surface area (Å²) in [6.45, 7) is 5.30. The van der Waals surface area contributed by atoms with Gasteiger partial charge in [-0.25, -0.2) is 0 Å². The Labute approximate surface area is 203 Å². The van der Waals surface area contributed by atoms with E-state index < -0.39 is 29.5 Å². The van der Waals surface area contributed by atoms with Crippen LogP contribution in [0, 0.1) is 5.41 Å². The van der Waals surface area contributed by atoms with Gasteiger partial charge in [-0.15, -0.1) is 0 Å². The summed E-state index contributed by atoms with van der Waals surface area (Å²) in [5.74, 6) is 0.112. The quantitative estimate of drug-likeness (QED) is 0.526. The first kappa shape index (κ1) is 23.4. The molecule has 2 spiro atoms. The summed E-state index contributed by atoms with van der Waals surface area (Å²) in [5.41, 5.74) is 4.38. The standard InChI is InChI=1S/C28H32F3NO3/c1-16(2)24-22-23(21-19(32-24)14-26(8-3-9-26)15-20(21)33)27(10-12-34-13-11-27)35-25(22)17-4-6-18(7-5-17)28(29,30)31/h4-7,16,20,25,33H,3,8-15H2,1-2H3. The molecule has 1 saturated heterocycles. The molecule has 35 heavy (non-hydrogen) atoms. The monoisotopic (exact) mass is 487 g/mol. The topological polar surface area (TPSA) is 51.6 Å². The Bertz CT molecular complexity index is 1130. The van der Waals surface area contributed by atoms with Gasteiger partial charge < -0.3 is 14.6 Å². The average molecular weight is 488 g/mol. The highest BCUT2D eigenvalue weighted by atomic mass is 19.4. The maximum atomic E-state index is 13.2. The van der Waals surface area contributed by atoms with E-state index in [0.29, 0.717) is 31.6 Å². The number of pyridine rings is 1. The number of nitrogens with zero attached hydrogens (tertiary/aromatic N) is 1. The van der Waals surface area contributed by atoms with Crippen molar-refractivity contribution in [1.82, 2.24) is 4.98 Å². The van der Waals surface area contributed by atoms with Crippen LogP contribution < -0.4 is 0 Å². The van der Waals surface area contributed by atoms with Crippen molar-refractivity contribution in [1.29, 1.82) is 0 Å². The molecule has 4 nitrogen and oxygen atoms in total. The number of ether oxygens (including phenoxy) is 2. The molecule has 4 aliphatic rings. The van der Waals surface area contributed by atoms with Gasteiger partial charge in [-0.1, -0.05) is 32.4 Å². The number of hydrogen-bond donors (Lipinski definition) is 1. The largest absolute Gasteiger partial charge is 0.416 e. The number of alkyl halides is 3. The van der Waals surface area contributed by atoms with Gasteiger partial charge in [-0.05, 0) is 60.3 Å². The van der Waals surface area contributed by atoms with Crippen LogP contribution in [0.2, 0.25) is 0 Å². The normalized spacial score (nSPS) is 26.6. The molecule has 2 atom stereocenters. The highest BCUT2D eigenvalue weighted by Crippen LogP contribution is 2.60. The van der Waals surface area contributed by atoms with Crippen molar-refractivity contribution in [3.05, 3.63) is 63.5 Å². The van der Waals surface area contributed by atoms with Crippen LogP contribution in [-0.4, -0.2) is 23.3 Å². The first-order valence-electron chi connectivity index (χ1n) is 12.8. The maximum absolute atomic E-state index is 13.2. The number of halogens is 3. The molecule has 6 rings (SSSR count). The lowest BCUT2D eigenvalue weighted by Crippen LogP contribution is -2.40. The fourth-order valence-corrected chi connectivity index (χ4v) is 6.86. The summed E-state index contributed by atoms with van der Waals surface area (Å²) in [5, 5.41) is 11.5. The lowest BCUT2D eigenvalue weighted by atomic mass is 9.58. The highest BCUT2D eigenvalue weighted by molar-refractivity contribution is 5.54. The van der Waals surface area contributed by atoms with E-state index in [2.05, 4.69) is 13.8 Å². The smallest absolute Gasteiger partial charge is 0.388 e. The lowest BCUT2D eigenvalue weighted by Gasteiger charge is -2.48. The molecule has 0 amide bonds. The fourth-order valence-electron chi connectivity index (χ4n) is 6.86. The summed E-state index contributed by atoms with van der Waals surface area (Å²) < 4.78 is 52.3. The second-order valence-corrected chi connectivity index (χ2v) is 11.3. The van der Waals surface area contributed by atoms with Crippen LogP contribution in [0.25, 0.3) is 0 Å². The van der Waals surface area contributed by atoms with Gasteiger partial charge in [0.2, 0.25) is 0 Å². The van der Waals surface area contributed by atoms with Crippen molar-refractivity contribution in [3.8, 4) is 0 Å². The van der Waals surface area contributed by atoms with Crippen molar-refractivity contribution >= 4 is 0 Å². The van der Waals surface area contributed by atoms with E-state index in [1.807, 2.05) is 0 Å². The summed E-state index contributed by atoms with van der Waals surface area (Å²) >= 11 is 0. The third-order valence-corrected chi connectivity index (χ3v) is 8.75. The molecular weight excluding hydrogens is 455 g/mol. The molecule has 3 heterocycles. The predicted octanol–water partition coefficient (Wildman–Crippen LogP) is 6.50. The zero-order valence-electron chi connectivity index (χ0n) is 20.3. The number of aliphatic hydroxyl groups excluding tert-OH is 1. The van der Waals surface area contributed by atoms with E-state index in [9.17, 15) is 18.3 Å². The first-order valence-corrected chi connectivity index (χ1v) is 12.8. The van der Waals surface area contributed by atoms with E-state index in [0.717, 1.165) is 65.9 Å². The van der Waals surface area contributed by atoms with Crippen LogP contribution in [-0.2, 0) is 27.7 Å². The molecule has 2 aliphatic heterocycles. The molecule has 2 aromatic rings. The number of hydrogen-bond acceptors (Lipinski definition) is 4. The number of benzene rings is 1. The number of rotatable bonds is 2. The summed E-state index contributed by atoms with van der Waals surface area (Å²) in [4.78, 5) is 5.17. The number of fused-ring (bicyclic) bond motifs is 4. The Morgan fingerprint density at radius 3 is 2.29 bits per heavy atom. The molecule has 1 aromatic heterocycles. The summed E-state index contributed by atoms with van der Waals surface area (Å²) in [7, 11) is 0. The van der Waals surface area contributed by atoms with Crippen molar-refractivity contribution in [2.75, 3.05) is 13.2 Å². The molecule has 7 heteroatoms. The van der Waals surface area contributed by atoms with Gasteiger partial charge in [-0.3, -0.25) is 4.98 Å². The van der Waals surface area contributed by atoms with Crippen molar-refractivity contribution in [2.45, 2.75) is 88.7 Å². The molecule has 2 unspecified atom stereocenters. The van der Waals surface area contributed by atoms with Crippen LogP contribution in [0.5, 0.6) is 0 Å². The fraction of sp³-hybridized carbons (Fsp3) is 0.607. The van der Waals surface area contributed by atoms with Crippen molar-refractivity contribution in [3.63, 3.8) is 0 Å². The van der Waals surface area contributed by atoms with Gasteiger partial charge in [0.25, 0.3) is 0 Å². The van der Waals surface area contributed by atoms with Gasteiger partial charge in [-0.2, -0.15) is 13.2 Å². The average Bonchev–Trinajstić information content (AvgIpc) is 3.11. The van der Waals surface area contributed by atoms with E-state index in [-0.39, 0.29) is 11.3 Å². The lowest BCUT2D eigenvalue weighted by molar-refractivity contribution is -0.137. The second-order valence-electron chi connectivity index (χ2n) is 11.3. The number of aliphatic hydroxyl groups is 1. The second kappa shape index (κ2) is 8.02. The minimum Gasteiger partial charge on any atom is -0.388 e. The van der Waals surface area contributed by atoms with Gasteiger partial charge in [0, 0.05) is 48.6 Å². The Morgan fingerprint density at radius 2 is 1.71 bits per heavy atom. The number of aromatic nitrogens is 1. The third kappa shape index (κ3) is 3.65. The Kier molecular flexibility index (Phi) is 5.37. The van der Waals surface area contributed by atoms with Crippen molar-refractivity contribution < 1.29 is 27.8 Å². The predicted molar refractivity (Wildman–Crippen MR) is 124 cm³/mol. The Balaban J connectivity index is 1.55. The third-order valence-electron chi connectivity index (χ3n) is 8.75. The van der Waals surface area contributed by atoms with E-state index in [1.54, 1.807) is 0 Å². The Morgan fingerprint density at radius 1 is 1.03 bits per heavy atom. The molecule has 188 valence electrons. The van der Waals surface area contributed by atoms with Crippen LogP contribution in [0.15, 0.2) is 24.3 Å². The summed E-state index contributed by atoms with van der Waals surface area (Å²) in [6, 6.07) is 5.31. The van der Waals surface area contributed by atoms with Gasteiger partial charge in [0.05, 0.1) is 17.3 Å². The first-order chi connectivity index (χ1) is 16.6. The molecule has 2 fully saturated rings. The molecule has 1 N–H and O–H groups in total. The zero-order valence-corrected chi connectivity index (χ0v) is 20.3. The van der Waals surface area contributed by atoms with Gasteiger partial charge in [0.1, 0.15) is 6.10 Å². The minimum atomic E-state index is -4.39. The van der Waals surface area contributed by atoms with Crippen LogP contribution in [0.3, 0.4) is 0 Å². The molecule has 1 aromatic carbocycles. The van der Waals surface area contributed by atoms with Crippen LogP contribution >= 0.6 is 0 Å². The molecule has 2 aliphatic carbocycles. The molecular formula is C28H32F3NO3. The van der Waals surface area contributed by atoms with E-state index in [1.165, 1.54) is 18.6 Å².